The van der Waals surface area contributed by atoms with Gasteiger partial charge in [0.25, 0.3) is 0 Å². The van der Waals surface area contributed by atoms with Gasteiger partial charge in [-0.05, 0) is 31.0 Å². The molecule has 0 amide bonds. The average Bonchev–Trinajstić information content (AvgIpc) is 2.19. The summed E-state index contributed by atoms with van der Waals surface area (Å²) in [6.45, 7) is 3.24. The summed E-state index contributed by atoms with van der Waals surface area (Å²) in [5.41, 5.74) is 0.485. The largest absolute Gasteiger partial charge is 0.305 e. The van der Waals surface area contributed by atoms with Crippen molar-refractivity contribution in [2.24, 2.45) is 0 Å². The summed E-state index contributed by atoms with van der Waals surface area (Å²) in [7, 11) is 0. The maximum atomic E-state index is 13.2. The number of hydrogen-bond acceptors (Lipinski definition) is 3. The molecule has 0 saturated carbocycles. The second-order valence-corrected chi connectivity index (χ2v) is 3.27. The zero-order chi connectivity index (χ0) is 11.6. The van der Waals surface area contributed by atoms with Crippen LogP contribution in [0.2, 0.25) is 0 Å². The van der Waals surface area contributed by atoms with Crippen molar-refractivity contribution in [3.8, 4) is 6.07 Å². The molecule has 1 rings (SSSR count). The monoisotopic (exact) mass is 208 g/mol. The summed E-state index contributed by atoms with van der Waals surface area (Å²) in [5, 5.41) is 19.1. The molecule has 1 aromatic carbocycles. The highest BCUT2D eigenvalue weighted by Gasteiger charge is 2.18. The van der Waals surface area contributed by atoms with E-state index < -0.39 is 22.3 Å². The average molecular weight is 208 g/mol. The predicted molar refractivity (Wildman–Crippen MR) is 51.8 cm³/mol. The van der Waals surface area contributed by atoms with E-state index in [1.807, 2.05) is 6.07 Å². The lowest BCUT2D eigenvalue weighted by atomic mass is 9.97. The van der Waals surface area contributed by atoms with Gasteiger partial charge in [0.2, 0.25) is 5.82 Å². The molecule has 0 aliphatic carbocycles. The molecule has 4 nitrogen and oxygen atoms in total. The van der Waals surface area contributed by atoms with Crippen LogP contribution in [-0.2, 0) is 0 Å². The van der Waals surface area contributed by atoms with Crippen LogP contribution in [0.15, 0.2) is 12.1 Å². The normalized spacial score (nSPS) is 11.9. The van der Waals surface area contributed by atoms with E-state index in [1.165, 1.54) is 0 Å². The Labute approximate surface area is 86.1 Å². The van der Waals surface area contributed by atoms with E-state index in [4.69, 9.17) is 5.26 Å². The van der Waals surface area contributed by atoms with Crippen LogP contribution < -0.4 is 0 Å². The van der Waals surface area contributed by atoms with Crippen LogP contribution in [-0.4, -0.2) is 4.92 Å². The first-order chi connectivity index (χ1) is 6.97. The van der Waals surface area contributed by atoms with Gasteiger partial charge >= 0.3 is 5.69 Å². The van der Waals surface area contributed by atoms with E-state index in [0.717, 1.165) is 12.1 Å². The van der Waals surface area contributed by atoms with Gasteiger partial charge in [0, 0.05) is 6.07 Å². The Morgan fingerprint density at radius 2 is 2.20 bits per heavy atom. The molecule has 1 aromatic rings. The van der Waals surface area contributed by atoms with E-state index in [-0.39, 0.29) is 0 Å². The summed E-state index contributed by atoms with van der Waals surface area (Å²) < 4.78 is 13.2. The van der Waals surface area contributed by atoms with Gasteiger partial charge in [-0.2, -0.15) is 9.65 Å². The third kappa shape index (κ3) is 2.10. The van der Waals surface area contributed by atoms with E-state index in [1.54, 1.807) is 13.8 Å². The Bertz CT molecular complexity index is 451. The standard InChI is InChI=1S/C10H9FN2O2/c1-6-3-10(13(14)15)9(11)4-8(6)7(2)5-12/h3-4,7H,1-2H3. The van der Waals surface area contributed by atoms with Crippen molar-refractivity contribution in [3.05, 3.63) is 39.2 Å². The number of nitriles is 1. The third-order valence-electron chi connectivity index (χ3n) is 2.19. The van der Waals surface area contributed by atoms with Crippen molar-refractivity contribution < 1.29 is 9.31 Å². The van der Waals surface area contributed by atoms with Gasteiger partial charge < -0.3 is 0 Å². The molecular formula is C10H9FN2O2. The first-order valence-electron chi connectivity index (χ1n) is 4.31. The van der Waals surface area contributed by atoms with Gasteiger partial charge in [-0.25, -0.2) is 0 Å². The topological polar surface area (TPSA) is 66.9 Å². The summed E-state index contributed by atoms with van der Waals surface area (Å²) in [6, 6.07) is 4.17. The van der Waals surface area contributed by atoms with Crippen LogP contribution in [0, 0.1) is 34.2 Å². The van der Waals surface area contributed by atoms with Gasteiger partial charge in [0.05, 0.1) is 16.9 Å². The smallest absolute Gasteiger partial charge is 0.258 e. The molecule has 0 aliphatic rings. The van der Waals surface area contributed by atoms with E-state index in [0.29, 0.717) is 11.1 Å². The lowest BCUT2D eigenvalue weighted by molar-refractivity contribution is -0.387. The molecule has 1 atom stereocenters. The maximum absolute atomic E-state index is 13.2. The molecule has 1 unspecified atom stereocenters. The predicted octanol–water partition coefficient (Wildman–Crippen LogP) is 2.67. The van der Waals surface area contributed by atoms with Gasteiger partial charge in [-0.15, -0.1) is 0 Å². The summed E-state index contributed by atoms with van der Waals surface area (Å²) in [4.78, 5) is 9.65. The number of nitrogens with zero attached hydrogens (tertiary/aromatic N) is 2. The minimum atomic E-state index is -0.900. The minimum Gasteiger partial charge on any atom is -0.258 e. The molecular weight excluding hydrogens is 199 g/mol. The Balaban J connectivity index is 3.33. The third-order valence-corrected chi connectivity index (χ3v) is 2.19. The van der Waals surface area contributed by atoms with Gasteiger partial charge in [0.1, 0.15) is 0 Å². The van der Waals surface area contributed by atoms with Gasteiger partial charge in [-0.3, -0.25) is 10.1 Å². The number of rotatable bonds is 2. The van der Waals surface area contributed by atoms with E-state index >= 15 is 0 Å². The molecule has 5 heteroatoms. The van der Waals surface area contributed by atoms with E-state index in [9.17, 15) is 14.5 Å². The molecule has 0 spiro atoms. The summed E-state index contributed by atoms with van der Waals surface area (Å²) >= 11 is 0. The number of aryl methyl sites for hydroxylation is 1. The molecule has 0 aliphatic heterocycles. The van der Waals surface area contributed by atoms with Crippen LogP contribution in [0.5, 0.6) is 0 Å². The zero-order valence-corrected chi connectivity index (χ0v) is 8.32. The van der Waals surface area contributed by atoms with Crippen molar-refractivity contribution in [2.45, 2.75) is 19.8 Å². The fraction of sp³-hybridized carbons (Fsp3) is 0.300. The number of nitro groups is 1. The molecule has 78 valence electrons. The highest BCUT2D eigenvalue weighted by atomic mass is 19.1. The number of hydrogen-bond donors (Lipinski definition) is 0. The van der Waals surface area contributed by atoms with Crippen molar-refractivity contribution in [1.82, 2.24) is 0 Å². The van der Waals surface area contributed by atoms with Crippen molar-refractivity contribution in [3.63, 3.8) is 0 Å². The second kappa shape index (κ2) is 4.05. The van der Waals surface area contributed by atoms with Crippen LogP contribution >= 0.6 is 0 Å². The quantitative estimate of drug-likeness (QED) is 0.554. The molecule has 0 saturated heterocycles. The fourth-order valence-corrected chi connectivity index (χ4v) is 1.36. The first kappa shape index (κ1) is 11.1. The van der Waals surface area contributed by atoms with Crippen LogP contribution in [0.25, 0.3) is 0 Å². The molecule has 0 aromatic heterocycles. The first-order valence-corrected chi connectivity index (χ1v) is 4.31. The molecule has 0 bridgehead atoms. The molecule has 0 radical (unpaired) electrons. The maximum Gasteiger partial charge on any atom is 0.305 e. The van der Waals surface area contributed by atoms with Crippen LogP contribution in [0.1, 0.15) is 24.0 Å². The summed E-state index contributed by atoms with van der Waals surface area (Å²) in [5.74, 6) is -1.37. The summed E-state index contributed by atoms with van der Waals surface area (Å²) in [6.07, 6.45) is 0. The Hall–Kier alpha value is -1.96. The van der Waals surface area contributed by atoms with E-state index in [2.05, 4.69) is 0 Å². The molecule has 15 heavy (non-hydrogen) atoms. The van der Waals surface area contributed by atoms with Crippen molar-refractivity contribution in [1.29, 1.82) is 5.26 Å². The lowest BCUT2D eigenvalue weighted by Crippen LogP contribution is -1.99. The Morgan fingerprint density at radius 1 is 1.60 bits per heavy atom. The fourth-order valence-electron chi connectivity index (χ4n) is 1.36. The molecule has 0 heterocycles. The Kier molecular flexibility index (Phi) is 3.00. The molecule has 0 fully saturated rings. The number of halogens is 1. The highest BCUT2D eigenvalue weighted by molar-refractivity contribution is 5.43. The highest BCUT2D eigenvalue weighted by Crippen LogP contribution is 2.26. The SMILES string of the molecule is Cc1cc([N+](=O)[O-])c(F)cc1C(C)C#N. The van der Waals surface area contributed by atoms with Crippen molar-refractivity contribution in [2.75, 3.05) is 0 Å². The van der Waals surface area contributed by atoms with Gasteiger partial charge in [0.15, 0.2) is 0 Å². The number of benzene rings is 1. The van der Waals surface area contributed by atoms with Gasteiger partial charge in [-0.1, -0.05) is 0 Å². The minimum absolute atomic E-state index is 0.472. The van der Waals surface area contributed by atoms with Crippen LogP contribution in [0.4, 0.5) is 10.1 Å². The Morgan fingerprint density at radius 3 is 2.67 bits per heavy atom. The number of nitro benzene ring substituents is 1. The van der Waals surface area contributed by atoms with Crippen LogP contribution in [0.3, 0.4) is 0 Å². The zero-order valence-electron chi connectivity index (χ0n) is 8.32. The molecule has 0 N–H and O–H groups in total. The lowest BCUT2D eigenvalue weighted by Gasteiger charge is -2.07. The second-order valence-electron chi connectivity index (χ2n) is 3.27. The van der Waals surface area contributed by atoms with Crippen molar-refractivity contribution >= 4 is 5.69 Å².